The van der Waals surface area contributed by atoms with Gasteiger partial charge in [-0.15, -0.1) is 0 Å². The minimum atomic E-state index is -1.38. The first kappa shape index (κ1) is 20.9. The molecule has 2 rings (SSSR count). The molecule has 0 N–H and O–H groups in total. The smallest absolute Gasteiger partial charge is 1.00 e. The molecule has 0 spiro atoms. The summed E-state index contributed by atoms with van der Waals surface area (Å²) in [5.74, 6) is 0. The van der Waals surface area contributed by atoms with E-state index in [0.717, 1.165) is 6.42 Å². The van der Waals surface area contributed by atoms with E-state index in [1.165, 1.54) is 12.0 Å². The molecule has 0 bridgehead atoms. The monoisotopic (exact) mass is 376 g/mol. The molecule has 2 aliphatic rings. The van der Waals surface area contributed by atoms with Crippen LogP contribution in [0.4, 0.5) is 0 Å². The van der Waals surface area contributed by atoms with Crippen molar-refractivity contribution in [3.63, 3.8) is 0 Å². The first-order valence-corrected chi connectivity index (χ1v) is 8.78. The molecule has 0 amide bonds. The van der Waals surface area contributed by atoms with E-state index in [9.17, 15) is 0 Å². The second-order valence-corrected chi connectivity index (χ2v) is 9.50. The van der Waals surface area contributed by atoms with Gasteiger partial charge in [-0.05, 0) is 26.7 Å². The van der Waals surface area contributed by atoms with Gasteiger partial charge in [0.2, 0.25) is 0 Å². The summed E-state index contributed by atoms with van der Waals surface area (Å²) in [6.07, 6.45) is 11.7. The van der Waals surface area contributed by atoms with Crippen LogP contribution in [0, 0.1) is 0 Å². The van der Waals surface area contributed by atoms with Crippen molar-refractivity contribution < 1.29 is 51.0 Å². The summed E-state index contributed by atoms with van der Waals surface area (Å²) in [5.41, 5.74) is 3.13. The van der Waals surface area contributed by atoms with Crippen molar-refractivity contribution in [2.75, 3.05) is 0 Å². The van der Waals surface area contributed by atoms with Gasteiger partial charge in [0.1, 0.15) is 8.07 Å². The van der Waals surface area contributed by atoms with Crippen LogP contribution in [-0.4, -0.2) is 8.07 Å². The van der Waals surface area contributed by atoms with E-state index in [0.29, 0.717) is 0 Å². The van der Waals surface area contributed by atoms with Gasteiger partial charge in [0, 0.05) is 0 Å². The molecule has 0 atom stereocenters. The zero-order valence-corrected chi connectivity index (χ0v) is 16.4. The Morgan fingerprint density at radius 3 is 2.06 bits per heavy atom. The molecule has 0 aromatic heterocycles. The molecule has 0 saturated heterocycles. The van der Waals surface area contributed by atoms with Crippen molar-refractivity contribution in [1.29, 1.82) is 0 Å². The number of allylic oxidation sites excluding steroid dienone is 8. The number of hydrogen-bond donors (Lipinski definition) is 0. The summed E-state index contributed by atoms with van der Waals surface area (Å²) in [5, 5.41) is 3.31. The van der Waals surface area contributed by atoms with Crippen LogP contribution in [0.5, 0.6) is 0 Å². The number of hydrogen-bond acceptors (Lipinski definition) is 0. The molecule has 0 aromatic rings. The molecular formula is C14H20Cl2SiZr. The van der Waals surface area contributed by atoms with Crippen molar-refractivity contribution in [2.45, 2.75) is 39.8 Å². The summed E-state index contributed by atoms with van der Waals surface area (Å²) in [6.45, 7) is 9.54. The van der Waals surface area contributed by atoms with Gasteiger partial charge in [0.15, 0.2) is 0 Å². The van der Waals surface area contributed by atoms with Crippen LogP contribution in [0.25, 0.3) is 0 Å². The van der Waals surface area contributed by atoms with Crippen LogP contribution in [-0.2, 0) is 26.2 Å². The molecular weight excluding hydrogens is 358 g/mol. The molecule has 0 unspecified atom stereocenters. The maximum Gasteiger partial charge on any atom is 2.00 e. The Hall–Kier alpha value is 0.640. The Kier molecular flexibility index (Phi) is 9.36. The Bertz CT molecular complexity index is 418. The molecule has 0 fully saturated rings. The quantitative estimate of drug-likeness (QED) is 0.504. The van der Waals surface area contributed by atoms with E-state index in [1.54, 1.807) is 16.0 Å². The third kappa shape index (κ3) is 3.82. The van der Waals surface area contributed by atoms with E-state index >= 15 is 0 Å². The molecule has 18 heavy (non-hydrogen) atoms. The van der Waals surface area contributed by atoms with Gasteiger partial charge in [-0.1, -0.05) is 58.9 Å². The van der Waals surface area contributed by atoms with Crippen molar-refractivity contribution in [3.8, 4) is 0 Å². The van der Waals surface area contributed by atoms with Gasteiger partial charge in [0.05, 0.1) is 0 Å². The van der Waals surface area contributed by atoms with Gasteiger partial charge < -0.3 is 24.8 Å². The van der Waals surface area contributed by atoms with Crippen LogP contribution in [0.3, 0.4) is 0 Å². The minimum Gasteiger partial charge on any atom is -1.00 e. The largest absolute Gasteiger partial charge is 2.00 e. The molecule has 0 nitrogen and oxygen atoms in total. The average molecular weight is 379 g/mol. The van der Waals surface area contributed by atoms with Crippen LogP contribution >= 0.6 is 0 Å². The normalized spacial score (nSPS) is 17.6. The standard InChI is InChI=1S/C14H20Si.2ClH.Zr/c1-11-9-10-12(2)14(11)15(3,4)13-7-5-6-8-13;;;/h5,7-9H,6,10H2,1-4H3;2*1H;/q;;;+2/p-2. The zero-order valence-electron chi connectivity index (χ0n) is 11.5. The van der Waals surface area contributed by atoms with Crippen LogP contribution in [0.2, 0.25) is 13.1 Å². The number of rotatable bonds is 2. The van der Waals surface area contributed by atoms with Gasteiger partial charge in [0.25, 0.3) is 0 Å². The van der Waals surface area contributed by atoms with Gasteiger partial charge in [-0.25, -0.2) is 0 Å². The topological polar surface area (TPSA) is 0 Å². The molecule has 4 heteroatoms. The van der Waals surface area contributed by atoms with Crippen LogP contribution in [0.15, 0.2) is 45.8 Å². The third-order valence-corrected chi connectivity index (χ3v) is 7.54. The molecule has 0 aliphatic heterocycles. The summed E-state index contributed by atoms with van der Waals surface area (Å²) in [6, 6.07) is 0. The Balaban J connectivity index is 0. The van der Waals surface area contributed by atoms with Crippen molar-refractivity contribution in [3.05, 3.63) is 45.8 Å². The van der Waals surface area contributed by atoms with E-state index < -0.39 is 8.07 Å². The van der Waals surface area contributed by atoms with Gasteiger partial charge >= 0.3 is 26.2 Å². The molecule has 2 aliphatic carbocycles. The van der Waals surface area contributed by atoms with Crippen molar-refractivity contribution >= 4 is 8.07 Å². The van der Waals surface area contributed by atoms with E-state index in [-0.39, 0.29) is 51.0 Å². The molecule has 0 saturated carbocycles. The Labute approximate surface area is 144 Å². The van der Waals surface area contributed by atoms with Crippen LogP contribution in [0.1, 0.15) is 26.7 Å². The fourth-order valence-electron chi connectivity index (χ4n) is 2.94. The maximum absolute atomic E-state index is 2.48. The van der Waals surface area contributed by atoms with Gasteiger partial charge in [-0.2, -0.15) is 0 Å². The summed E-state index contributed by atoms with van der Waals surface area (Å²) < 4.78 is 0. The van der Waals surface area contributed by atoms with Crippen molar-refractivity contribution in [1.82, 2.24) is 0 Å². The fourth-order valence-corrected chi connectivity index (χ4v) is 6.65. The van der Waals surface area contributed by atoms with E-state index in [2.05, 4.69) is 51.2 Å². The average Bonchev–Trinajstić information content (AvgIpc) is 2.75. The molecule has 0 aromatic carbocycles. The molecule has 98 valence electrons. The summed E-state index contributed by atoms with van der Waals surface area (Å²) >= 11 is 0. The van der Waals surface area contributed by atoms with Crippen LogP contribution < -0.4 is 24.8 Å². The zero-order chi connectivity index (χ0) is 11.1. The molecule has 0 heterocycles. The predicted octanol–water partition coefficient (Wildman–Crippen LogP) is -1.67. The van der Waals surface area contributed by atoms with Crippen molar-refractivity contribution in [2.24, 2.45) is 0 Å². The minimum absolute atomic E-state index is 0. The first-order valence-electron chi connectivity index (χ1n) is 5.78. The number of halogens is 2. The summed E-state index contributed by atoms with van der Waals surface area (Å²) in [4.78, 5) is 0. The SMILES string of the molecule is CC1=CCC(C)=C1[Si](C)(C)C1=CCC=C1.[Cl-].[Cl-].[Zr+2]. The fraction of sp³-hybridized carbons (Fsp3) is 0.429. The predicted molar refractivity (Wildman–Crippen MR) is 70.4 cm³/mol. The van der Waals surface area contributed by atoms with Gasteiger partial charge in [-0.3, -0.25) is 0 Å². The summed E-state index contributed by atoms with van der Waals surface area (Å²) in [7, 11) is -1.38. The van der Waals surface area contributed by atoms with E-state index in [1.807, 2.05) is 0 Å². The second-order valence-electron chi connectivity index (χ2n) is 5.17. The first-order chi connectivity index (χ1) is 7.03. The second kappa shape index (κ2) is 8.04. The molecule has 0 radical (unpaired) electrons. The maximum atomic E-state index is 2.48. The Morgan fingerprint density at radius 1 is 1.06 bits per heavy atom. The van der Waals surface area contributed by atoms with E-state index in [4.69, 9.17) is 0 Å². The third-order valence-electron chi connectivity index (χ3n) is 3.65. The Morgan fingerprint density at radius 2 is 1.67 bits per heavy atom.